The second-order valence-corrected chi connectivity index (χ2v) is 10.7. The van der Waals surface area contributed by atoms with Gasteiger partial charge in [-0.25, -0.2) is 9.59 Å². The standard InChI is InChI=1S/C30H42O7/c1-29(2,3)25-13-9-7-11-23(25)27(31)36-21-19-34-17-15-33-16-18-35-20-22-37-28(32)24-12-8-10-14-26(24)30(4,5)6/h7-14H,15-22H2,1-6H3. The summed E-state index contributed by atoms with van der Waals surface area (Å²) < 4.78 is 27.1. The summed E-state index contributed by atoms with van der Waals surface area (Å²) in [5.41, 5.74) is 2.80. The maximum absolute atomic E-state index is 12.4. The first-order valence-corrected chi connectivity index (χ1v) is 12.8. The molecule has 0 bridgehead atoms. The Morgan fingerprint density at radius 1 is 0.514 bits per heavy atom. The summed E-state index contributed by atoms with van der Waals surface area (Å²) in [6.07, 6.45) is 0. The molecule has 204 valence electrons. The molecule has 0 atom stereocenters. The summed E-state index contributed by atoms with van der Waals surface area (Å²) in [5.74, 6) is -0.682. The van der Waals surface area contributed by atoms with Crippen molar-refractivity contribution in [1.82, 2.24) is 0 Å². The Balaban J connectivity index is 1.49. The molecule has 0 saturated carbocycles. The Labute approximate surface area is 221 Å². The van der Waals surface area contributed by atoms with Crippen LogP contribution in [0.4, 0.5) is 0 Å². The summed E-state index contributed by atoms with van der Waals surface area (Å²) in [6, 6.07) is 15.0. The van der Waals surface area contributed by atoms with E-state index in [1.54, 1.807) is 12.1 Å². The van der Waals surface area contributed by atoms with Crippen LogP contribution in [-0.2, 0) is 34.5 Å². The minimum atomic E-state index is -0.341. The van der Waals surface area contributed by atoms with Crippen LogP contribution in [0.25, 0.3) is 0 Å². The number of hydrogen-bond acceptors (Lipinski definition) is 7. The molecule has 0 spiro atoms. The number of esters is 2. The van der Waals surface area contributed by atoms with Gasteiger partial charge in [-0.3, -0.25) is 0 Å². The molecule has 0 N–H and O–H groups in total. The second-order valence-electron chi connectivity index (χ2n) is 10.7. The molecule has 37 heavy (non-hydrogen) atoms. The van der Waals surface area contributed by atoms with E-state index in [0.29, 0.717) is 50.8 Å². The highest BCUT2D eigenvalue weighted by Crippen LogP contribution is 2.27. The fraction of sp³-hybridized carbons (Fsp3) is 0.533. The first-order valence-electron chi connectivity index (χ1n) is 12.8. The molecule has 0 unspecified atom stereocenters. The van der Waals surface area contributed by atoms with E-state index in [-0.39, 0.29) is 36.0 Å². The van der Waals surface area contributed by atoms with Gasteiger partial charge in [0.15, 0.2) is 0 Å². The fourth-order valence-corrected chi connectivity index (χ4v) is 3.71. The van der Waals surface area contributed by atoms with Gasteiger partial charge in [-0.2, -0.15) is 0 Å². The van der Waals surface area contributed by atoms with Crippen LogP contribution in [0.5, 0.6) is 0 Å². The molecule has 0 saturated heterocycles. The Morgan fingerprint density at radius 2 is 0.811 bits per heavy atom. The number of hydrogen-bond donors (Lipinski definition) is 0. The van der Waals surface area contributed by atoms with Crippen LogP contribution in [0.2, 0.25) is 0 Å². The fourth-order valence-electron chi connectivity index (χ4n) is 3.71. The van der Waals surface area contributed by atoms with Crippen molar-refractivity contribution in [3.63, 3.8) is 0 Å². The summed E-state index contributed by atoms with van der Waals surface area (Å²) in [5, 5.41) is 0. The van der Waals surface area contributed by atoms with Gasteiger partial charge < -0.3 is 23.7 Å². The van der Waals surface area contributed by atoms with Crippen molar-refractivity contribution in [2.45, 2.75) is 52.4 Å². The molecule has 2 rings (SSSR count). The van der Waals surface area contributed by atoms with Crippen molar-refractivity contribution in [2.75, 3.05) is 52.9 Å². The van der Waals surface area contributed by atoms with Crippen molar-refractivity contribution in [1.29, 1.82) is 0 Å². The van der Waals surface area contributed by atoms with Gasteiger partial charge in [0.25, 0.3) is 0 Å². The average Bonchev–Trinajstić information content (AvgIpc) is 2.85. The quantitative estimate of drug-likeness (QED) is 0.248. The molecule has 0 heterocycles. The van der Waals surface area contributed by atoms with E-state index >= 15 is 0 Å². The Bertz CT molecular complexity index is 906. The minimum Gasteiger partial charge on any atom is -0.460 e. The highest BCUT2D eigenvalue weighted by molar-refractivity contribution is 5.92. The van der Waals surface area contributed by atoms with E-state index in [1.165, 1.54) is 0 Å². The maximum Gasteiger partial charge on any atom is 0.338 e. The Morgan fingerprint density at radius 3 is 1.14 bits per heavy atom. The smallest absolute Gasteiger partial charge is 0.338 e. The lowest BCUT2D eigenvalue weighted by Crippen LogP contribution is -2.20. The predicted molar refractivity (Wildman–Crippen MR) is 143 cm³/mol. The number of ether oxygens (including phenoxy) is 5. The van der Waals surface area contributed by atoms with Gasteiger partial charge in [-0.05, 0) is 34.1 Å². The van der Waals surface area contributed by atoms with Crippen LogP contribution >= 0.6 is 0 Å². The molecule has 0 aliphatic heterocycles. The number of benzene rings is 2. The van der Waals surface area contributed by atoms with E-state index < -0.39 is 0 Å². The summed E-state index contributed by atoms with van der Waals surface area (Å²) in [7, 11) is 0. The second kappa shape index (κ2) is 14.9. The van der Waals surface area contributed by atoms with Gasteiger partial charge in [0.05, 0.1) is 50.8 Å². The number of carbonyl (C=O) groups excluding carboxylic acids is 2. The van der Waals surface area contributed by atoms with E-state index in [2.05, 4.69) is 41.5 Å². The third-order valence-corrected chi connectivity index (χ3v) is 5.58. The SMILES string of the molecule is CC(C)(C)c1ccccc1C(=O)OCCOCCOCCOCCOC(=O)c1ccccc1C(C)(C)C. The van der Waals surface area contributed by atoms with Crippen LogP contribution < -0.4 is 0 Å². The molecule has 7 heteroatoms. The van der Waals surface area contributed by atoms with Gasteiger partial charge in [0.1, 0.15) is 13.2 Å². The van der Waals surface area contributed by atoms with Gasteiger partial charge in [-0.15, -0.1) is 0 Å². The molecule has 0 aliphatic carbocycles. The van der Waals surface area contributed by atoms with Gasteiger partial charge in [0.2, 0.25) is 0 Å². The van der Waals surface area contributed by atoms with Crippen molar-refractivity contribution in [2.24, 2.45) is 0 Å². The lowest BCUT2D eigenvalue weighted by molar-refractivity contribution is -0.00681. The van der Waals surface area contributed by atoms with Crippen LogP contribution in [0.15, 0.2) is 48.5 Å². The van der Waals surface area contributed by atoms with Crippen LogP contribution in [-0.4, -0.2) is 64.8 Å². The maximum atomic E-state index is 12.4. The van der Waals surface area contributed by atoms with E-state index in [9.17, 15) is 9.59 Å². The van der Waals surface area contributed by atoms with Gasteiger partial charge in [-0.1, -0.05) is 77.9 Å². The lowest BCUT2D eigenvalue weighted by Gasteiger charge is -2.22. The number of carbonyl (C=O) groups is 2. The monoisotopic (exact) mass is 514 g/mol. The minimum absolute atomic E-state index is 0.143. The van der Waals surface area contributed by atoms with Crippen molar-refractivity contribution >= 4 is 11.9 Å². The topological polar surface area (TPSA) is 80.3 Å². The van der Waals surface area contributed by atoms with E-state index in [4.69, 9.17) is 23.7 Å². The van der Waals surface area contributed by atoms with Gasteiger partial charge >= 0.3 is 11.9 Å². The van der Waals surface area contributed by atoms with Crippen molar-refractivity contribution in [3.8, 4) is 0 Å². The zero-order chi connectivity index (χ0) is 27.3. The van der Waals surface area contributed by atoms with Crippen molar-refractivity contribution < 1.29 is 33.3 Å². The molecule has 2 aromatic carbocycles. The molecule has 2 aromatic rings. The Hall–Kier alpha value is -2.74. The zero-order valence-electron chi connectivity index (χ0n) is 23.1. The van der Waals surface area contributed by atoms with Crippen LogP contribution in [0.1, 0.15) is 73.4 Å². The van der Waals surface area contributed by atoms with E-state index in [0.717, 1.165) is 11.1 Å². The van der Waals surface area contributed by atoms with Crippen molar-refractivity contribution in [3.05, 3.63) is 70.8 Å². The highest BCUT2D eigenvalue weighted by atomic mass is 16.6. The molecular weight excluding hydrogens is 472 g/mol. The summed E-state index contributed by atoms with van der Waals surface area (Å²) in [4.78, 5) is 24.8. The highest BCUT2D eigenvalue weighted by Gasteiger charge is 2.23. The molecule has 7 nitrogen and oxygen atoms in total. The molecule has 0 amide bonds. The first kappa shape index (κ1) is 30.5. The third-order valence-electron chi connectivity index (χ3n) is 5.58. The van der Waals surface area contributed by atoms with Gasteiger partial charge in [0, 0.05) is 0 Å². The molecule has 0 radical (unpaired) electrons. The summed E-state index contributed by atoms with van der Waals surface area (Å²) in [6.45, 7) is 14.9. The normalized spacial score (nSPS) is 11.8. The molecule has 0 aromatic heterocycles. The first-order chi connectivity index (χ1) is 17.5. The predicted octanol–water partition coefficient (Wildman–Crippen LogP) is 5.35. The Kier molecular flexibility index (Phi) is 12.2. The van der Waals surface area contributed by atoms with Crippen LogP contribution in [0, 0.1) is 0 Å². The third kappa shape index (κ3) is 10.6. The average molecular weight is 515 g/mol. The molecule has 0 aliphatic rings. The summed E-state index contributed by atoms with van der Waals surface area (Å²) >= 11 is 0. The number of rotatable bonds is 14. The van der Waals surface area contributed by atoms with Crippen LogP contribution in [0.3, 0.4) is 0 Å². The lowest BCUT2D eigenvalue weighted by atomic mass is 9.84. The largest absolute Gasteiger partial charge is 0.460 e. The molecule has 0 fully saturated rings. The molecular formula is C30H42O7. The van der Waals surface area contributed by atoms with E-state index in [1.807, 2.05) is 36.4 Å². The zero-order valence-corrected chi connectivity index (χ0v) is 23.1.